The maximum Gasteiger partial charge on any atom is 0.194 e. The van der Waals surface area contributed by atoms with Gasteiger partial charge in [-0.25, -0.2) is 0 Å². The number of rotatable bonds is 0. The number of hydrogen-bond acceptors (Lipinski definition) is 1. The average Bonchev–Trinajstić information content (AvgIpc) is 2.51. The summed E-state index contributed by atoms with van der Waals surface area (Å²) in [5.74, 6) is 0.211. The molecule has 0 fully saturated rings. The predicted molar refractivity (Wildman–Crippen MR) is 86.3 cm³/mol. The van der Waals surface area contributed by atoms with E-state index >= 15 is 0 Å². The van der Waals surface area contributed by atoms with Crippen LogP contribution >= 0.6 is 11.6 Å². The fraction of sp³-hybridized carbons (Fsp3) is 0.105. The van der Waals surface area contributed by atoms with Crippen LogP contribution in [0.1, 0.15) is 39.9 Å². The van der Waals surface area contributed by atoms with Crippen molar-refractivity contribution in [1.29, 1.82) is 0 Å². The molecule has 3 aromatic rings. The highest BCUT2D eigenvalue weighted by molar-refractivity contribution is 6.33. The average molecular weight is 293 g/mol. The Kier molecular flexibility index (Phi) is 2.66. The molecule has 0 N–H and O–H groups in total. The largest absolute Gasteiger partial charge is 0.289 e. The molecule has 0 unspecified atom stereocenters. The number of ketones is 1. The lowest BCUT2D eigenvalue weighted by molar-refractivity contribution is 0.103. The highest BCUT2D eigenvalue weighted by atomic mass is 35.5. The quantitative estimate of drug-likeness (QED) is 0.557. The second-order valence-electron chi connectivity index (χ2n) is 5.50. The summed E-state index contributed by atoms with van der Waals surface area (Å²) in [6, 6.07) is 17.8. The Bertz CT molecular complexity index is 895. The lowest BCUT2D eigenvalue weighted by atomic mass is 9.76. The zero-order chi connectivity index (χ0) is 14.6. The fourth-order valence-electron chi connectivity index (χ4n) is 3.37. The van der Waals surface area contributed by atoms with Gasteiger partial charge in [-0.15, -0.1) is 0 Å². The number of benzene rings is 3. The Morgan fingerprint density at radius 2 is 1.76 bits per heavy atom. The number of carbonyl (C=O) groups is 1. The monoisotopic (exact) mass is 292 g/mol. The predicted octanol–water partition coefficient (Wildman–Crippen LogP) is 5.19. The third kappa shape index (κ3) is 1.68. The second kappa shape index (κ2) is 4.44. The first-order valence-electron chi connectivity index (χ1n) is 7.03. The number of hydrogen-bond donors (Lipinski definition) is 0. The molecular weight excluding hydrogens is 280 g/mol. The molecule has 21 heavy (non-hydrogen) atoms. The van der Waals surface area contributed by atoms with E-state index in [1.54, 1.807) is 0 Å². The van der Waals surface area contributed by atoms with Crippen LogP contribution in [0.5, 0.6) is 0 Å². The van der Waals surface area contributed by atoms with Crippen molar-refractivity contribution in [3.8, 4) is 0 Å². The molecule has 1 atom stereocenters. The van der Waals surface area contributed by atoms with Gasteiger partial charge in [0.2, 0.25) is 0 Å². The highest BCUT2D eigenvalue weighted by Crippen LogP contribution is 2.42. The third-order valence-corrected chi connectivity index (χ3v) is 4.71. The standard InChI is InChI=1S/C19H13ClO/c1-11-13-10-9-12-5-2-3-6-14(12)18(13)19(21)15-7-4-8-16(20)17(11)15/h2-11H,1H3/t11-/m0/s1. The number of halogens is 1. The van der Waals surface area contributed by atoms with Gasteiger partial charge in [-0.1, -0.05) is 67.1 Å². The van der Waals surface area contributed by atoms with Gasteiger partial charge >= 0.3 is 0 Å². The maximum absolute atomic E-state index is 13.0. The maximum atomic E-state index is 13.0. The van der Waals surface area contributed by atoms with E-state index in [-0.39, 0.29) is 11.7 Å². The summed E-state index contributed by atoms with van der Waals surface area (Å²) < 4.78 is 0. The van der Waals surface area contributed by atoms with Crippen LogP contribution in [0.15, 0.2) is 54.6 Å². The molecule has 2 heteroatoms. The van der Waals surface area contributed by atoms with E-state index in [2.05, 4.69) is 19.1 Å². The highest BCUT2D eigenvalue weighted by Gasteiger charge is 2.31. The van der Waals surface area contributed by atoms with E-state index in [1.165, 1.54) is 0 Å². The minimum absolute atomic E-state index is 0.0809. The molecule has 3 aromatic carbocycles. The van der Waals surface area contributed by atoms with Crippen molar-refractivity contribution < 1.29 is 4.79 Å². The zero-order valence-electron chi connectivity index (χ0n) is 11.6. The molecule has 0 saturated carbocycles. The van der Waals surface area contributed by atoms with Crippen molar-refractivity contribution in [2.75, 3.05) is 0 Å². The summed E-state index contributed by atoms with van der Waals surface area (Å²) in [5.41, 5.74) is 3.58. The van der Waals surface area contributed by atoms with Crippen LogP contribution in [0.3, 0.4) is 0 Å². The summed E-state index contributed by atoms with van der Waals surface area (Å²) >= 11 is 6.33. The van der Waals surface area contributed by atoms with Crippen LogP contribution < -0.4 is 0 Å². The molecule has 0 aromatic heterocycles. The lowest BCUT2D eigenvalue weighted by Crippen LogP contribution is -2.18. The second-order valence-corrected chi connectivity index (χ2v) is 5.91. The van der Waals surface area contributed by atoms with Gasteiger partial charge in [0, 0.05) is 22.1 Å². The minimum atomic E-state index is 0.0809. The lowest BCUT2D eigenvalue weighted by Gasteiger charge is -2.26. The number of carbonyl (C=O) groups excluding carboxylic acids is 1. The Morgan fingerprint density at radius 1 is 0.952 bits per heavy atom. The van der Waals surface area contributed by atoms with E-state index in [1.807, 2.05) is 42.5 Å². The summed E-state index contributed by atoms with van der Waals surface area (Å²) in [6.45, 7) is 2.12. The Morgan fingerprint density at radius 3 is 2.62 bits per heavy atom. The molecule has 0 aliphatic heterocycles. The van der Waals surface area contributed by atoms with Gasteiger partial charge in [0.1, 0.15) is 0 Å². The minimum Gasteiger partial charge on any atom is -0.289 e. The van der Waals surface area contributed by atoms with Gasteiger partial charge in [0.15, 0.2) is 5.78 Å². The van der Waals surface area contributed by atoms with Crippen LogP contribution in [0.25, 0.3) is 10.8 Å². The van der Waals surface area contributed by atoms with Crippen LogP contribution in [-0.2, 0) is 0 Å². The van der Waals surface area contributed by atoms with Crippen LogP contribution in [0, 0.1) is 0 Å². The molecule has 0 bridgehead atoms. The summed E-state index contributed by atoms with van der Waals surface area (Å²) in [5, 5.41) is 2.80. The Hall–Kier alpha value is -2.12. The molecule has 0 spiro atoms. The number of fused-ring (bicyclic) bond motifs is 4. The van der Waals surface area contributed by atoms with Gasteiger partial charge < -0.3 is 0 Å². The SMILES string of the molecule is C[C@H]1c2ccc3ccccc3c2C(=O)c2cccc(Cl)c21. The molecule has 0 heterocycles. The molecule has 4 rings (SSSR count). The molecule has 0 amide bonds. The first-order valence-corrected chi connectivity index (χ1v) is 7.41. The van der Waals surface area contributed by atoms with Crippen molar-refractivity contribution in [3.63, 3.8) is 0 Å². The van der Waals surface area contributed by atoms with Crippen molar-refractivity contribution in [1.82, 2.24) is 0 Å². The first kappa shape index (κ1) is 12.6. The van der Waals surface area contributed by atoms with Gasteiger partial charge in [0.25, 0.3) is 0 Å². The van der Waals surface area contributed by atoms with E-state index in [0.29, 0.717) is 5.02 Å². The van der Waals surface area contributed by atoms with Gasteiger partial charge in [-0.3, -0.25) is 4.79 Å². The molecule has 0 radical (unpaired) electrons. The smallest absolute Gasteiger partial charge is 0.194 e. The van der Waals surface area contributed by atoms with Crippen molar-refractivity contribution >= 4 is 28.2 Å². The van der Waals surface area contributed by atoms with Crippen LogP contribution in [-0.4, -0.2) is 5.78 Å². The first-order chi connectivity index (χ1) is 10.2. The van der Waals surface area contributed by atoms with Crippen molar-refractivity contribution in [3.05, 3.63) is 81.9 Å². The molecule has 0 saturated heterocycles. The molecular formula is C19H13ClO. The third-order valence-electron chi connectivity index (χ3n) is 4.39. The zero-order valence-corrected chi connectivity index (χ0v) is 12.3. The Labute approximate surface area is 128 Å². The van der Waals surface area contributed by atoms with E-state index in [4.69, 9.17) is 11.6 Å². The van der Waals surface area contributed by atoms with E-state index < -0.39 is 0 Å². The Balaban J connectivity index is 2.11. The topological polar surface area (TPSA) is 17.1 Å². The molecule has 1 nitrogen and oxygen atoms in total. The van der Waals surface area contributed by atoms with Crippen molar-refractivity contribution in [2.24, 2.45) is 0 Å². The summed E-state index contributed by atoms with van der Waals surface area (Å²) in [7, 11) is 0. The molecule has 1 aliphatic rings. The summed E-state index contributed by atoms with van der Waals surface area (Å²) in [6.07, 6.45) is 0. The van der Waals surface area contributed by atoms with Crippen LogP contribution in [0.4, 0.5) is 0 Å². The summed E-state index contributed by atoms with van der Waals surface area (Å²) in [4.78, 5) is 13.0. The molecule has 1 aliphatic carbocycles. The van der Waals surface area contributed by atoms with Crippen molar-refractivity contribution in [2.45, 2.75) is 12.8 Å². The normalized spacial score (nSPS) is 16.7. The van der Waals surface area contributed by atoms with E-state index in [0.717, 1.165) is 33.0 Å². The van der Waals surface area contributed by atoms with Gasteiger partial charge in [0.05, 0.1) is 0 Å². The van der Waals surface area contributed by atoms with Gasteiger partial charge in [-0.2, -0.15) is 0 Å². The molecule has 102 valence electrons. The van der Waals surface area contributed by atoms with Crippen LogP contribution in [0.2, 0.25) is 5.02 Å². The fourth-order valence-corrected chi connectivity index (χ4v) is 3.71. The van der Waals surface area contributed by atoms with Gasteiger partial charge in [-0.05, 0) is 28.0 Å². The van der Waals surface area contributed by atoms with E-state index in [9.17, 15) is 4.79 Å².